The van der Waals surface area contributed by atoms with Crippen LogP contribution in [0.3, 0.4) is 0 Å². The summed E-state index contributed by atoms with van der Waals surface area (Å²) < 4.78 is 0. The Hall–Kier alpha value is -0.900. The molecule has 0 heterocycles. The van der Waals surface area contributed by atoms with Crippen LogP contribution < -0.4 is 5.32 Å². The summed E-state index contributed by atoms with van der Waals surface area (Å²) in [6, 6.07) is 0.0973. The minimum atomic E-state index is -0.131. The van der Waals surface area contributed by atoms with Gasteiger partial charge in [-0.1, -0.05) is 13.8 Å². The Balaban J connectivity index is 1.71. The van der Waals surface area contributed by atoms with Gasteiger partial charge in [0.15, 0.2) is 0 Å². The van der Waals surface area contributed by atoms with Crippen LogP contribution in [0.25, 0.3) is 0 Å². The second kappa shape index (κ2) is 6.57. The lowest BCUT2D eigenvalue weighted by Crippen LogP contribution is -2.62. The van der Waals surface area contributed by atoms with Gasteiger partial charge in [-0.2, -0.15) is 0 Å². The molecule has 0 aliphatic heterocycles. The highest BCUT2D eigenvalue weighted by Crippen LogP contribution is 2.67. The third-order valence-electron chi connectivity index (χ3n) is 9.66. The Morgan fingerprint density at radius 2 is 1.70 bits per heavy atom. The van der Waals surface area contributed by atoms with Crippen LogP contribution in [0.2, 0.25) is 0 Å². The fourth-order valence-corrected chi connectivity index (χ4v) is 8.35. The van der Waals surface area contributed by atoms with Crippen LogP contribution in [0.5, 0.6) is 0 Å². The van der Waals surface area contributed by atoms with Crippen LogP contribution in [0, 0.1) is 40.4 Å². The lowest BCUT2D eigenvalue weighted by Gasteiger charge is -2.62. The van der Waals surface area contributed by atoms with Crippen LogP contribution in [-0.2, 0) is 9.59 Å². The summed E-state index contributed by atoms with van der Waals surface area (Å²) in [4.78, 5) is 24.5. The van der Waals surface area contributed by atoms with Crippen molar-refractivity contribution in [3.05, 3.63) is 0 Å². The average Bonchev–Trinajstić information content (AvgIpc) is 2.95. The number of amides is 1. The highest BCUT2D eigenvalue weighted by atomic mass is 16.3. The minimum Gasteiger partial charge on any atom is -0.393 e. The molecular formula is C23H37NO3. The van der Waals surface area contributed by atoms with Gasteiger partial charge < -0.3 is 10.4 Å². The summed E-state index contributed by atoms with van der Waals surface area (Å²) in [6.07, 6.45) is 8.40. The first-order valence-corrected chi connectivity index (χ1v) is 11.1. The van der Waals surface area contributed by atoms with Crippen molar-refractivity contribution in [3.8, 4) is 0 Å². The molecule has 4 fully saturated rings. The summed E-state index contributed by atoms with van der Waals surface area (Å²) in [7, 11) is 0. The van der Waals surface area contributed by atoms with Crippen molar-refractivity contribution in [3.63, 3.8) is 0 Å². The zero-order chi connectivity index (χ0) is 19.6. The molecule has 27 heavy (non-hydrogen) atoms. The monoisotopic (exact) mass is 375 g/mol. The molecule has 4 nitrogen and oxygen atoms in total. The zero-order valence-corrected chi connectivity index (χ0v) is 17.5. The van der Waals surface area contributed by atoms with Crippen molar-refractivity contribution < 1.29 is 14.7 Å². The standard InChI is InChI=1S/C23H37NO3/c1-13(25)18-7-8-19-17-6-5-15-11-16(27)9-10-22(15,3)20(17)12-21(23(18,19)4)24-14(2)26/h15-21,27H,5-12H2,1-4H3,(H,24,26)/t15-,16+,17-,18+,19-,20-,21+,22-,23+/m0/s1. The normalized spacial score (nSPS) is 51.7. The molecule has 4 heteroatoms. The van der Waals surface area contributed by atoms with Gasteiger partial charge in [0.2, 0.25) is 5.91 Å². The van der Waals surface area contributed by atoms with Crippen molar-refractivity contribution in [1.82, 2.24) is 5.32 Å². The van der Waals surface area contributed by atoms with Crippen molar-refractivity contribution in [1.29, 1.82) is 0 Å². The van der Waals surface area contributed by atoms with Crippen molar-refractivity contribution in [2.24, 2.45) is 40.4 Å². The fourth-order valence-electron chi connectivity index (χ4n) is 8.35. The highest BCUT2D eigenvalue weighted by molar-refractivity contribution is 5.80. The molecule has 0 unspecified atom stereocenters. The quantitative estimate of drug-likeness (QED) is 0.773. The molecule has 0 aromatic heterocycles. The van der Waals surface area contributed by atoms with E-state index in [1.807, 2.05) is 0 Å². The first-order valence-electron chi connectivity index (χ1n) is 11.1. The molecule has 4 rings (SSSR count). The minimum absolute atomic E-state index is 0.0317. The molecule has 0 radical (unpaired) electrons. The number of aliphatic hydroxyl groups excluding tert-OH is 1. The Kier molecular flexibility index (Phi) is 4.73. The lowest BCUT2D eigenvalue weighted by molar-refractivity contribution is -0.150. The summed E-state index contributed by atoms with van der Waals surface area (Å²) in [5, 5.41) is 13.5. The van der Waals surface area contributed by atoms with E-state index >= 15 is 0 Å². The largest absolute Gasteiger partial charge is 0.393 e. The van der Waals surface area contributed by atoms with E-state index in [0.717, 1.165) is 38.5 Å². The molecule has 2 N–H and O–H groups in total. The number of hydrogen-bond donors (Lipinski definition) is 2. The molecule has 9 atom stereocenters. The van der Waals surface area contributed by atoms with Gasteiger partial charge in [0.1, 0.15) is 5.78 Å². The van der Waals surface area contributed by atoms with Gasteiger partial charge in [0.05, 0.1) is 6.10 Å². The van der Waals surface area contributed by atoms with Crippen LogP contribution >= 0.6 is 0 Å². The molecule has 4 aliphatic carbocycles. The predicted octanol–water partition coefficient (Wildman–Crippen LogP) is 3.71. The first kappa shape index (κ1) is 19.4. The maximum Gasteiger partial charge on any atom is 0.217 e. The summed E-state index contributed by atoms with van der Waals surface area (Å²) >= 11 is 0. The third kappa shape index (κ3) is 2.81. The molecule has 0 spiro atoms. The summed E-state index contributed by atoms with van der Waals surface area (Å²) in [6.45, 7) is 8.12. The van der Waals surface area contributed by atoms with E-state index in [4.69, 9.17) is 0 Å². The predicted molar refractivity (Wildman–Crippen MR) is 105 cm³/mol. The average molecular weight is 376 g/mol. The van der Waals surface area contributed by atoms with Crippen molar-refractivity contribution in [2.45, 2.75) is 91.2 Å². The van der Waals surface area contributed by atoms with Gasteiger partial charge in [-0.25, -0.2) is 0 Å². The van der Waals surface area contributed by atoms with E-state index in [2.05, 4.69) is 19.2 Å². The third-order valence-corrected chi connectivity index (χ3v) is 9.66. The Bertz CT molecular complexity index is 633. The molecule has 4 aliphatic rings. The summed E-state index contributed by atoms with van der Waals surface area (Å²) in [5.74, 6) is 2.82. The van der Waals surface area contributed by atoms with Crippen LogP contribution in [0.15, 0.2) is 0 Å². The van der Waals surface area contributed by atoms with Crippen LogP contribution in [0.4, 0.5) is 0 Å². The van der Waals surface area contributed by atoms with E-state index in [1.54, 1.807) is 13.8 Å². The highest BCUT2D eigenvalue weighted by Gasteiger charge is 2.64. The number of hydrogen-bond acceptors (Lipinski definition) is 3. The summed E-state index contributed by atoms with van der Waals surface area (Å²) in [5.41, 5.74) is 0.171. The molecule has 0 bridgehead atoms. The number of nitrogens with one attached hydrogen (secondary N) is 1. The smallest absolute Gasteiger partial charge is 0.217 e. The van der Waals surface area contributed by atoms with Crippen molar-refractivity contribution in [2.75, 3.05) is 0 Å². The maximum absolute atomic E-state index is 12.5. The van der Waals surface area contributed by atoms with Gasteiger partial charge in [0, 0.05) is 24.3 Å². The molecule has 0 aromatic carbocycles. The molecule has 1 amide bonds. The number of ketones is 1. The Morgan fingerprint density at radius 1 is 0.963 bits per heavy atom. The number of fused-ring (bicyclic) bond motifs is 5. The number of carbonyl (C=O) groups is 2. The maximum atomic E-state index is 12.5. The topological polar surface area (TPSA) is 66.4 Å². The second-order valence-corrected chi connectivity index (χ2v) is 10.7. The van der Waals surface area contributed by atoms with Gasteiger partial charge in [0.25, 0.3) is 0 Å². The van der Waals surface area contributed by atoms with Crippen LogP contribution in [-0.4, -0.2) is 28.9 Å². The lowest BCUT2D eigenvalue weighted by atomic mass is 9.43. The zero-order valence-electron chi connectivity index (χ0n) is 17.5. The van der Waals surface area contributed by atoms with E-state index in [1.165, 1.54) is 12.8 Å². The van der Waals surface area contributed by atoms with Gasteiger partial charge in [-0.3, -0.25) is 9.59 Å². The van der Waals surface area contributed by atoms with Crippen LogP contribution in [0.1, 0.15) is 79.1 Å². The number of aliphatic hydroxyl groups is 1. The van der Waals surface area contributed by atoms with E-state index in [0.29, 0.717) is 29.5 Å². The molecule has 152 valence electrons. The molecular weight excluding hydrogens is 338 g/mol. The van der Waals surface area contributed by atoms with Gasteiger partial charge in [-0.15, -0.1) is 0 Å². The first-order chi connectivity index (χ1) is 12.7. The van der Waals surface area contributed by atoms with E-state index in [9.17, 15) is 14.7 Å². The number of rotatable bonds is 2. The SMILES string of the molecule is CC(=O)N[C@@H]1C[C@H]2[C@@H](CC[C@H]3C[C@H](O)CC[C@@]32C)[C@@H]2CC[C@H](C(C)=O)[C@@]12C. The molecule has 4 saturated carbocycles. The Labute approximate surface area is 163 Å². The molecule has 0 aromatic rings. The van der Waals surface area contributed by atoms with E-state index < -0.39 is 0 Å². The number of Topliss-reactive ketones (excluding diaryl/α,β-unsaturated/α-hetero) is 1. The van der Waals surface area contributed by atoms with Gasteiger partial charge in [-0.05, 0) is 87.4 Å². The molecule has 0 saturated heterocycles. The fraction of sp³-hybridized carbons (Fsp3) is 0.913. The Morgan fingerprint density at radius 3 is 2.37 bits per heavy atom. The van der Waals surface area contributed by atoms with E-state index in [-0.39, 0.29) is 34.8 Å². The number of carbonyl (C=O) groups excluding carboxylic acids is 2. The van der Waals surface area contributed by atoms with Gasteiger partial charge >= 0.3 is 0 Å². The van der Waals surface area contributed by atoms with Crippen molar-refractivity contribution >= 4 is 11.7 Å². The second-order valence-electron chi connectivity index (χ2n) is 10.7.